The van der Waals surface area contributed by atoms with Gasteiger partial charge in [-0.2, -0.15) is 0 Å². The molecule has 0 spiro atoms. The first kappa shape index (κ1) is 15.6. The van der Waals surface area contributed by atoms with Gasteiger partial charge < -0.3 is 16.0 Å². The van der Waals surface area contributed by atoms with Crippen molar-refractivity contribution in [2.24, 2.45) is 0 Å². The maximum atomic E-state index is 12.0. The van der Waals surface area contributed by atoms with Crippen molar-refractivity contribution in [3.05, 3.63) is 53.6 Å². The second-order valence-corrected chi connectivity index (χ2v) is 5.09. The Kier molecular flexibility index (Phi) is 4.78. The van der Waals surface area contributed by atoms with Crippen molar-refractivity contribution in [3.8, 4) is 0 Å². The quantitative estimate of drug-likeness (QED) is 0.804. The van der Waals surface area contributed by atoms with Crippen LogP contribution in [0.2, 0.25) is 0 Å². The number of anilines is 3. The molecule has 0 aliphatic carbocycles. The molecule has 0 aliphatic rings. The van der Waals surface area contributed by atoms with Crippen LogP contribution >= 0.6 is 0 Å². The van der Waals surface area contributed by atoms with Crippen molar-refractivity contribution in [1.82, 2.24) is 0 Å². The minimum atomic E-state index is -0.305. The zero-order chi connectivity index (χ0) is 16.1. The molecule has 2 rings (SSSR count). The van der Waals surface area contributed by atoms with Gasteiger partial charge in [-0.25, -0.2) is 4.79 Å². The first-order chi connectivity index (χ1) is 10.5. The molecule has 5 nitrogen and oxygen atoms in total. The van der Waals surface area contributed by atoms with E-state index in [1.54, 1.807) is 24.3 Å². The Hall–Kier alpha value is -2.82. The molecular weight excluding hydrogens is 278 g/mol. The van der Waals surface area contributed by atoms with Gasteiger partial charge in [-0.05, 0) is 55.3 Å². The Morgan fingerprint density at radius 2 is 1.41 bits per heavy atom. The maximum absolute atomic E-state index is 12.0. The van der Waals surface area contributed by atoms with Crippen LogP contribution in [0.3, 0.4) is 0 Å². The number of urea groups is 1. The van der Waals surface area contributed by atoms with E-state index in [4.69, 9.17) is 0 Å². The molecule has 0 unspecified atom stereocenters. The third-order valence-electron chi connectivity index (χ3n) is 3.32. The highest BCUT2D eigenvalue weighted by Crippen LogP contribution is 2.19. The zero-order valence-electron chi connectivity index (χ0n) is 12.9. The fourth-order valence-corrected chi connectivity index (χ4v) is 2.01. The number of nitrogens with one attached hydrogen (secondary N) is 3. The average Bonchev–Trinajstić information content (AvgIpc) is 2.45. The van der Waals surface area contributed by atoms with Crippen LogP contribution in [0.15, 0.2) is 42.5 Å². The van der Waals surface area contributed by atoms with Crippen LogP contribution in [0.1, 0.15) is 18.1 Å². The highest BCUT2D eigenvalue weighted by Gasteiger charge is 2.06. The van der Waals surface area contributed by atoms with Gasteiger partial charge in [0.2, 0.25) is 5.91 Å². The average molecular weight is 297 g/mol. The summed E-state index contributed by atoms with van der Waals surface area (Å²) in [6.45, 7) is 5.41. The van der Waals surface area contributed by atoms with E-state index < -0.39 is 0 Å². The minimum Gasteiger partial charge on any atom is -0.326 e. The van der Waals surface area contributed by atoms with Crippen molar-refractivity contribution in [1.29, 1.82) is 0 Å². The monoisotopic (exact) mass is 297 g/mol. The Balaban J connectivity index is 2.00. The molecule has 0 fully saturated rings. The molecule has 22 heavy (non-hydrogen) atoms. The molecule has 0 saturated carbocycles. The molecule has 2 aromatic carbocycles. The summed E-state index contributed by atoms with van der Waals surface area (Å²) < 4.78 is 0. The number of hydrogen-bond donors (Lipinski definition) is 3. The van der Waals surface area contributed by atoms with Crippen molar-refractivity contribution in [2.45, 2.75) is 20.8 Å². The maximum Gasteiger partial charge on any atom is 0.323 e. The van der Waals surface area contributed by atoms with Crippen LogP contribution in [-0.4, -0.2) is 11.9 Å². The second kappa shape index (κ2) is 6.76. The SMILES string of the molecule is CC(=O)Nc1ccc(NC(=O)Nc2cccc(C)c2C)cc1. The zero-order valence-corrected chi connectivity index (χ0v) is 12.9. The molecule has 0 heterocycles. The molecule has 114 valence electrons. The first-order valence-electron chi connectivity index (χ1n) is 6.97. The van der Waals surface area contributed by atoms with Gasteiger partial charge >= 0.3 is 6.03 Å². The van der Waals surface area contributed by atoms with Gasteiger partial charge in [0.25, 0.3) is 0 Å². The molecule has 0 bridgehead atoms. The molecule has 0 saturated heterocycles. The summed E-state index contributed by atoms with van der Waals surface area (Å²) >= 11 is 0. The van der Waals surface area contributed by atoms with Gasteiger partial charge in [0.05, 0.1) is 0 Å². The van der Waals surface area contributed by atoms with Gasteiger partial charge in [-0.3, -0.25) is 4.79 Å². The van der Waals surface area contributed by atoms with E-state index in [-0.39, 0.29) is 11.9 Å². The second-order valence-electron chi connectivity index (χ2n) is 5.09. The number of carbonyl (C=O) groups excluding carboxylic acids is 2. The van der Waals surface area contributed by atoms with E-state index in [0.717, 1.165) is 16.8 Å². The van der Waals surface area contributed by atoms with E-state index in [0.29, 0.717) is 11.4 Å². The number of amides is 3. The van der Waals surface area contributed by atoms with E-state index in [1.165, 1.54) is 6.92 Å². The fraction of sp³-hybridized carbons (Fsp3) is 0.176. The summed E-state index contributed by atoms with van der Waals surface area (Å²) in [4.78, 5) is 23.0. The number of carbonyl (C=O) groups is 2. The van der Waals surface area contributed by atoms with Crippen LogP contribution in [0, 0.1) is 13.8 Å². The largest absolute Gasteiger partial charge is 0.326 e. The highest BCUT2D eigenvalue weighted by atomic mass is 16.2. The lowest BCUT2D eigenvalue weighted by atomic mass is 10.1. The van der Waals surface area contributed by atoms with Crippen LogP contribution in [0.25, 0.3) is 0 Å². The van der Waals surface area contributed by atoms with E-state index in [9.17, 15) is 9.59 Å². The summed E-state index contributed by atoms with van der Waals surface area (Å²) in [7, 11) is 0. The Morgan fingerprint density at radius 1 is 0.818 bits per heavy atom. The summed E-state index contributed by atoms with van der Waals surface area (Å²) in [5, 5.41) is 8.25. The number of aryl methyl sites for hydroxylation is 1. The Labute approximate surface area is 129 Å². The predicted molar refractivity (Wildman–Crippen MR) is 89.3 cm³/mol. The molecule has 5 heteroatoms. The van der Waals surface area contributed by atoms with Crippen molar-refractivity contribution < 1.29 is 9.59 Å². The molecule has 0 aliphatic heterocycles. The van der Waals surface area contributed by atoms with Gasteiger partial charge in [-0.15, -0.1) is 0 Å². The summed E-state index contributed by atoms with van der Waals surface area (Å²) in [6, 6.07) is 12.4. The van der Waals surface area contributed by atoms with Crippen LogP contribution in [-0.2, 0) is 4.79 Å². The van der Waals surface area contributed by atoms with Gasteiger partial charge in [-0.1, -0.05) is 12.1 Å². The molecule has 3 amide bonds. The third-order valence-corrected chi connectivity index (χ3v) is 3.32. The van der Waals surface area contributed by atoms with E-state index in [2.05, 4.69) is 16.0 Å². The Morgan fingerprint density at radius 3 is 2.00 bits per heavy atom. The number of hydrogen-bond acceptors (Lipinski definition) is 2. The van der Waals surface area contributed by atoms with E-state index in [1.807, 2.05) is 32.0 Å². The molecule has 0 atom stereocenters. The molecule has 0 aromatic heterocycles. The van der Waals surface area contributed by atoms with Crippen molar-refractivity contribution in [3.63, 3.8) is 0 Å². The van der Waals surface area contributed by atoms with Crippen LogP contribution in [0.5, 0.6) is 0 Å². The van der Waals surface area contributed by atoms with Gasteiger partial charge in [0.15, 0.2) is 0 Å². The topological polar surface area (TPSA) is 70.2 Å². The molecule has 0 radical (unpaired) electrons. The number of rotatable bonds is 3. The summed E-state index contributed by atoms with van der Waals surface area (Å²) in [6.07, 6.45) is 0. The lowest BCUT2D eigenvalue weighted by Crippen LogP contribution is -2.20. The van der Waals surface area contributed by atoms with Crippen LogP contribution < -0.4 is 16.0 Å². The van der Waals surface area contributed by atoms with E-state index >= 15 is 0 Å². The molecular formula is C17H19N3O2. The van der Waals surface area contributed by atoms with Crippen LogP contribution in [0.4, 0.5) is 21.9 Å². The molecule has 3 N–H and O–H groups in total. The lowest BCUT2D eigenvalue weighted by Gasteiger charge is -2.11. The molecule has 2 aromatic rings. The van der Waals surface area contributed by atoms with Gasteiger partial charge in [0, 0.05) is 24.0 Å². The predicted octanol–water partition coefficient (Wildman–Crippen LogP) is 3.91. The summed E-state index contributed by atoms with van der Waals surface area (Å²) in [5.74, 6) is -0.131. The fourth-order valence-electron chi connectivity index (χ4n) is 2.01. The summed E-state index contributed by atoms with van der Waals surface area (Å²) in [5.41, 5.74) is 4.29. The normalized spacial score (nSPS) is 9.95. The third kappa shape index (κ3) is 4.09. The first-order valence-corrected chi connectivity index (χ1v) is 6.97. The smallest absolute Gasteiger partial charge is 0.323 e. The minimum absolute atomic E-state index is 0.131. The van der Waals surface area contributed by atoms with Crippen molar-refractivity contribution >= 4 is 29.0 Å². The Bertz CT molecular complexity index is 694. The van der Waals surface area contributed by atoms with Crippen molar-refractivity contribution in [2.75, 3.05) is 16.0 Å². The lowest BCUT2D eigenvalue weighted by molar-refractivity contribution is -0.114. The standard InChI is InChI=1S/C17H19N3O2/c1-11-5-4-6-16(12(11)2)20-17(22)19-15-9-7-14(8-10-15)18-13(3)21/h4-10H,1-3H3,(H,18,21)(H2,19,20,22). The number of benzene rings is 2. The highest BCUT2D eigenvalue weighted by molar-refractivity contribution is 6.00. The van der Waals surface area contributed by atoms with Gasteiger partial charge in [0.1, 0.15) is 0 Å².